The molecule has 0 saturated heterocycles. The molecule has 1 unspecified atom stereocenters. The van der Waals surface area contributed by atoms with Crippen LogP contribution in [-0.4, -0.2) is 26.3 Å². The van der Waals surface area contributed by atoms with Gasteiger partial charge in [0.1, 0.15) is 0 Å². The molecule has 1 saturated carbocycles. The summed E-state index contributed by atoms with van der Waals surface area (Å²) >= 11 is 0. The van der Waals surface area contributed by atoms with Crippen molar-refractivity contribution in [2.45, 2.75) is 52.5 Å². The summed E-state index contributed by atoms with van der Waals surface area (Å²) < 4.78 is 5.25. The van der Waals surface area contributed by atoms with Crippen LogP contribution in [0.2, 0.25) is 0 Å². The fourth-order valence-electron chi connectivity index (χ4n) is 2.24. The van der Waals surface area contributed by atoms with Crippen LogP contribution in [0.4, 0.5) is 0 Å². The molecule has 0 heterocycles. The molecule has 1 rings (SSSR count). The summed E-state index contributed by atoms with van der Waals surface area (Å²) in [5.74, 6) is 0.655. The first-order valence-corrected chi connectivity index (χ1v) is 6.36. The maximum atomic E-state index is 5.25. The first-order chi connectivity index (χ1) is 7.13. The van der Waals surface area contributed by atoms with E-state index in [9.17, 15) is 0 Å². The monoisotopic (exact) mass is 213 g/mol. The van der Waals surface area contributed by atoms with Crippen LogP contribution in [-0.2, 0) is 4.74 Å². The van der Waals surface area contributed by atoms with Crippen molar-refractivity contribution in [1.29, 1.82) is 0 Å². The number of methoxy groups -OCH3 is 1. The van der Waals surface area contributed by atoms with Crippen LogP contribution in [0.15, 0.2) is 0 Å². The third-order valence-corrected chi connectivity index (χ3v) is 3.63. The Labute approximate surface area is 94.8 Å². The molecule has 2 nitrogen and oxygen atoms in total. The van der Waals surface area contributed by atoms with E-state index in [-0.39, 0.29) is 0 Å². The van der Waals surface area contributed by atoms with Crippen molar-refractivity contribution < 1.29 is 4.74 Å². The van der Waals surface area contributed by atoms with Gasteiger partial charge < -0.3 is 10.1 Å². The van der Waals surface area contributed by atoms with Gasteiger partial charge in [-0.2, -0.15) is 0 Å². The topological polar surface area (TPSA) is 21.3 Å². The minimum Gasteiger partial charge on any atom is -0.383 e. The molecule has 0 amide bonds. The Balaban J connectivity index is 2.27. The lowest BCUT2D eigenvalue weighted by Crippen LogP contribution is -2.40. The predicted octanol–water partition coefficient (Wildman–Crippen LogP) is 2.83. The van der Waals surface area contributed by atoms with E-state index in [1.165, 1.54) is 32.2 Å². The lowest BCUT2D eigenvalue weighted by atomic mass is 9.98. The molecule has 0 aromatic heterocycles. The summed E-state index contributed by atoms with van der Waals surface area (Å²) in [5.41, 5.74) is 0.648. The minimum atomic E-state index is 0.518. The van der Waals surface area contributed by atoms with Crippen LogP contribution >= 0.6 is 0 Å². The van der Waals surface area contributed by atoms with Gasteiger partial charge in [-0.05, 0) is 30.6 Å². The van der Waals surface area contributed by atoms with Crippen LogP contribution in [0.1, 0.15) is 46.5 Å². The number of nitrogens with one attached hydrogen (secondary N) is 1. The quantitative estimate of drug-likeness (QED) is 0.669. The van der Waals surface area contributed by atoms with E-state index < -0.39 is 0 Å². The van der Waals surface area contributed by atoms with Crippen LogP contribution in [0.3, 0.4) is 0 Å². The van der Waals surface area contributed by atoms with Gasteiger partial charge in [0, 0.05) is 19.7 Å². The zero-order valence-corrected chi connectivity index (χ0v) is 10.8. The molecule has 1 fully saturated rings. The van der Waals surface area contributed by atoms with Crippen molar-refractivity contribution in [2.24, 2.45) is 11.3 Å². The summed E-state index contributed by atoms with van der Waals surface area (Å²) in [7, 11) is 1.79. The van der Waals surface area contributed by atoms with Crippen molar-refractivity contribution in [2.75, 3.05) is 20.3 Å². The van der Waals surface area contributed by atoms with E-state index in [2.05, 4.69) is 26.1 Å². The molecule has 1 N–H and O–H groups in total. The number of hydrogen-bond donors (Lipinski definition) is 1. The standard InChI is InChI=1S/C13H27NO/c1-5-6-13(7-8-13)10-14-12(9-15-4)11(2)3/h11-12,14H,5-10H2,1-4H3. The summed E-state index contributed by atoms with van der Waals surface area (Å²) in [5, 5.41) is 3.68. The summed E-state index contributed by atoms with van der Waals surface area (Å²) in [4.78, 5) is 0. The molecule has 1 atom stereocenters. The second-order valence-corrected chi connectivity index (χ2v) is 5.44. The summed E-state index contributed by atoms with van der Waals surface area (Å²) in [6, 6.07) is 0.518. The van der Waals surface area contributed by atoms with Gasteiger partial charge in [0.05, 0.1) is 6.61 Å². The number of rotatable bonds is 8. The Kier molecular flexibility index (Phi) is 5.07. The molecular weight excluding hydrogens is 186 g/mol. The SMILES string of the molecule is CCCC1(CNC(COC)C(C)C)CC1. The molecule has 90 valence electrons. The van der Waals surface area contributed by atoms with Crippen molar-refractivity contribution in [3.05, 3.63) is 0 Å². The third kappa shape index (κ3) is 4.12. The van der Waals surface area contributed by atoms with Crippen LogP contribution in [0, 0.1) is 11.3 Å². The van der Waals surface area contributed by atoms with Gasteiger partial charge in [0.25, 0.3) is 0 Å². The normalized spacial score (nSPS) is 20.6. The molecule has 15 heavy (non-hydrogen) atoms. The van der Waals surface area contributed by atoms with Crippen LogP contribution in [0.25, 0.3) is 0 Å². The van der Waals surface area contributed by atoms with E-state index >= 15 is 0 Å². The second kappa shape index (κ2) is 5.86. The molecule has 2 heteroatoms. The van der Waals surface area contributed by atoms with E-state index in [4.69, 9.17) is 4.74 Å². The van der Waals surface area contributed by atoms with E-state index in [1.54, 1.807) is 7.11 Å². The fourth-order valence-corrected chi connectivity index (χ4v) is 2.24. The van der Waals surface area contributed by atoms with Crippen molar-refractivity contribution >= 4 is 0 Å². The minimum absolute atomic E-state index is 0.518. The lowest BCUT2D eigenvalue weighted by molar-refractivity contribution is 0.143. The van der Waals surface area contributed by atoms with Gasteiger partial charge in [-0.1, -0.05) is 27.2 Å². The Morgan fingerprint density at radius 1 is 1.33 bits per heavy atom. The van der Waals surface area contributed by atoms with Gasteiger partial charge in [0.2, 0.25) is 0 Å². The molecule has 0 aromatic rings. The summed E-state index contributed by atoms with van der Waals surface area (Å²) in [6.45, 7) is 8.83. The Hall–Kier alpha value is -0.0800. The Morgan fingerprint density at radius 3 is 2.40 bits per heavy atom. The zero-order valence-electron chi connectivity index (χ0n) is 10.8. The molecule has 0 spiro atoms. The van der Waals surface area contributed by atoms with Crippen LogP contribution in [0.5, 0.6) is 0 Å². The molecule has 1 aliphatic rings. The van der Waals surface area contributed by atoms with Gasteiger partial charge >= 0.3 is 0 Å². The third-order valence-electron chi connectivity index (χ3n) is 3.63. The smallest absolute Gasteiger partial charge is 0.0618 e. The molecule has 1 aliphatic carbocycles. The van der Waals surface area contributed by atoms with E-state index in [0.29, 0.717) is 17.4 Å². The van der Waals surface area contributed by atoms with Gasteiger partial charge in [-0.15, -0.1) is 0 Å². The van der Waals surface area contributed by atoms with Crippen LogP contribution < -0.4 is 5.32 Å². The van der Waals surface area contributed by atoms with Gasteiger partial charge in [-0.25, -0.2) is 0 Å². The number of ether oxygens (including phenoxy) is 1. The van der Waals surface area contributed by atoms with Crippen molar-refractivity contribution in [3.63, 3.8) is 0 Å². The first-order valence-electron chi connectivity index (χ1n) is 6.36. The van der Waals surface area contributed by atoms with Crippen molar-refractivity contribution in [3.8, 4) is 0 Å². The highest BCUT2D eigenvalue weighted by molar-refractivity contribution is 4.95. The Bertz CT molecular complexity index is 175. The second-order valence-electron chi connectivity index (χ2n) is 5.44. The molecular formula is C13H27NO. The van der Waals surface area contributed by atoms with Gasteiger partial charge in [0.15, 0.2) is 0 Å². The maximum Gasteiger partial charge on any atom is 0.0618 e. The van der Waals surface area contributed by atoms with E-state index in [1.807, 2.05) is 0 Å². The maximum absolute atomic E-state index is 5.25. The first kappa shape index (κ1) is 13.0. The Morgan fingerprint density at radius 2 is 2.00 bits per heavy atom. The number of hydrogen-bond acceptors (Lipinski definition) is 2. The summed E-state index contributed by atoms with van der Waals surface area (Å²) in [6.07, 6.45) is 5.55. The molecule has 0 radical (unpaired) electrons. The largest absolute Gasteiger partial charge is 0.383 e. The fraction of sp³-hybridized carbons (Fsp3) is 1.00. The molecule has 0 aliphatic heterocycles. The highest BCUT2D eigenvalue weighted by Crippen LogP contribution is 2.49. The average Bonchev–Trinajstić information content (AvgIpc) is 2.93. The molecule has 0 aromatic carbocycles. The van der Waals surface area contributed by atoms with Crippen molar-refractivity contribution in [1.82, 2.24) is 5.32 Å². The zero-order chi connectivity index (χ0) is 11.3. The van der Waals surface area contributed by atoms with Gasteiger partial charge in [-0.3, -0.25) is 0 Å². The highest BCUT2D eigenvalue weighted by Gasteiger charge is 2.41. The van der Waals surface area contributed by atoms with E-state index in [0.717, 1.165) is 6.61 Å². The highest BCUT2D eigenvalue weighted by atomic mass is 16.5. The predicted molar refractivity (Wildman–Crippen MR) is 65.1 cm³/mol. The lowest BCUT2D eigenvalue weighted by Gasteiger charge is -2.25. The molecule has 0 bridgehead atoms. The average molecular weight is 213 g/mol.